The highest BCUT2D eigenvalue weighted by Crippen LogP contribution is 2.25. The van der Waals surface area contributed by atoms with Crippen LogP contribution in [0.5, 0.6) is 0 Å². The van der Waals surface area contributed by atoms with Gasteiger partial charge in [-0.2, -0.15) is 0 Å². The second kappa shape index (κ2) is 6.37. The van der Waals surface area contributed by atoms with Crippen LogP contribution in [0.25, 0.3) is 0 Å². The van der Waals surface area contributed by atoms with Crippen molar-refractivity contribution in [3.8, 4) is 0 Å². The molecule has 0 saturated heterocycles. The summed E-state index contributed by atoms with van der Waals surface area (Å²) in [6.07, 6.45) is 1.02. The van der Waals surface area contributed by atoms with Crippen LogP contribution in [0, 0.1) is 6.92 Å². The molecule has 2 rings (SSSR count). The number of hydrogen-bond donors (Lipinski definition) is 1. The largest absolute Gasteiger partial charge is 0.310 e. The molecular formula is C15H18ClNS. The van der Waals surface area contributed by atoms with Crippen LogP contribution in [0.15, 0.2) is 35.7 Å². The van der Waals surface area contributed by atoms with Gasteiger partial charge in [0.15, 0.2) is 0 Å². The average Bonchev–Trinajstić information content (AvgIpc) is 2.80. The molecule has 18 heavy (non-hydrogen) atoms. The summed E-state index contributed by atoms with van der Waals surface area (Å²) in [6.45, 7) is 5.18. The van der Waals surface area contributed by atoms with E-state index in [1.807, 2.05) is 17.4 Å². The third-order valence-corrected chi connectivity index (χ3v) is 4.02. The minimum Gasteiger partial charge on any atom is -0.310 e. The van der Waals surface area contributed by atoms with E-state index in [9.17, 15) is 0 Å². The van der Waals surface area contributed by atoms with Gasteiger partial charge < -0.3 is 5.32 Å². The fourth-order valence-corrected chi connectivity index (χ4v) is 3.20. The van der Waals surface area contributed by atoms with Crippen LogP contribution in [0.4, 0.5) is 0 Å². The summed E-state index contributed by atoms with van der Waals surface area (Å²) in [5, 5.41) is 6.48. The summed E-state index contributed by atoms with van der Waals surface area (Å²) in [4.78, 5) is 1.40. The summed E-state index contributed by atoms with van der Waals surface area (Å²) in [5.74, 6) is 0. The zero-order chi connectivity index (χ0) is 13.0. The molecule has 0 radical (unpaired) electrons. The van der Waals surface area contributed by atoms with E-state index in [0.717, 1.165) is 18.0 Å². The SMILES string of the molecule is CCNC(Cc1cccs1)c1cc(C)cc(Cl)c1. The van der Waals surface area contributed by atoms with Gasteiger partial charge >= 0.3 is 0 Å². The molecule has 0 saturated carbocycles. The van der Waals surface area contributed by atoms with Crippen molar-refractivity contribution in [2.45, 2.75) is 26.3 Å². The molecule has 1 N–H and O–H groups in total. The van der Waals surface area contributed by atoms with Gasteiger partial charge in [-0.1, -0.05) is 30.7 Å². The van der Waals surface area contributed by atoms with Gasteiger partial charge in [0.2, 0.25) is 0 Å². The smallest absolute Gasteiger partial charge is 0.0411 e. The van der Waals surface area contributed by atoms with Gasteiger partial charge in [0, 0.05) is 22.4 Å². The number of aryl methyl sites for hydroxylation is 1. The molecule has 1 atom stereocenters. The molecule has 0 amide bonds. The van der Waals surface area contributed by atoms with Gasteiger partial charge in [0.25, 0.3) is 0 Å². The van der Waals surface area contributed by atoms with Gasteiger partial charge in [0.05, 0.1) is 0 Å². The van der Waals surface area contributed by atoms with Gasteiger partial charge in [-0.3, -0.25) is 0 Å². The van der Waals surface area contributed by atoms with Crippen LogP contribution in [-0.2, 0) is 6.42 Å². The molecule has 0 aliphatic rings. The topological polar surface area (TPSA) is 12.0 Å². The molecule has 0 bridgehead atoms. The van der Waals surface area contributed by atoms with E-state index in [4.69, 9.17) is 11.6 Å². The molecule has 1 heterocycles. The maximum absolute atomic E-state index is 6.15. The first-order valence-electron chi connectivity index (χ1n) is 6.22. The van der Waals surface area contributed by atoms with Gasteiger partial charge in [-0.25, -0.2) is 0 Å². The van der Waals surface area contributed by atoms with Crippen molar-refractivity contribution in [3.05, 3.63) is 56.7 Å². The third kappa shape index (κ3) is 3.58. The van der Waals surface area contributed by atoms with Crippen LogP contribution in [0.3, 0.4) is 0 Å². The maximum atomic E-state index is 6.15. The Morgan fingerprint density at radius 2 is 2.17 bits per heavy atom. The molecule has 0 aliphatic heterocycles. The van der Waals surface area contributed by atoms with Crippen molar-refractivity contribution in [3.63, 3.8) is 0 Å². The molecule has 0 fully saturated rings. The first kappa shape index (κ1) is 13.6. The molecule has 96 valence electrons. The van der Waals surface area contributed by atoms with E-state index in [0.29, 0.717) is 6.04 Å². The highest BCUT2D eigenvalue weighted by atomic mass is 35.5. The zero-order valence-corrected chi connectivity index (χ0v) is 12.3. The van der Waals surface area contributed by atoms with Crippen LogP contribution in [-0.4, -0.2) is 6.54 Å². The van der Waals surface area contributed by atoms with Crippen molar-refractivity contribution >= 4 is 22.9 Å². The van der Waals surface area contributed by atoms with Gasteiger partial charge in [-0.05, 0) is 48.2 Å². The summed E-state index contributed by atoms with van der Waals surface area (Å²) >= 11 is 7.96. The first-order chi connectivity index (χ1) is 8.69. The second-order valence-corrected chi connectivity index (χ2v) is 5.92. The molecule has 1 nitrogen and oxygen atoms in total. The summed E-state index contributed by atoms with van der Waals surface area (Å²) in [6, 6.07) is 10.9. The first-order valence-corrected chi connectivity index (χ1v) is 7.47. The lowest BCUT2D eigenvalue weighted by molar-refractivity contribution is 0.553. The van der Waals surface area contributed by atoms with E-state index >= 15 is 0 Å². The van der Waals surface area contributed by atoms with Crippen molar-refractivity contribution in [2.24, 2.45) is 0 Å². The van der Waals surface area contributed by atoms with Crippen LogP contribution in [0.1, 0.15) is 29.0 Å². The fourth-order valence-electron chi connectivity index (χ4n) is 2.15. The summed E-state index contributed by atoms with van der Waals surface area (Å²) in [7, 11) is 0. The molecule has 3 heteroatoms. The molecule has 0 spiro atoms. The Hall–Kier alpha value is -0.830. The molecular weight excluding hydrogens is 262 g/mol. The Morgan fingerprint density at radius 3 is 2.78 bits per heavy atom. The third-order valence-electron chi connectivity index (χ3n) is 2.90. The Kier molecular flexibility index (Phi) is 4.81. The number of halogens is 1. The number of rotatable bonds is 5. The Morgan fingerprint density at radius 1 is 1.33 bits per heavy atom. The molecule has 1 unspecified atom stereocenters. The van der Waals surface area contributed by atoms with Gasteiger partial charge in [-0.15, -0.1) is 11.3 Å². The van der Waals surface area contributed by atoms with Crippen LogP contribution >= 0.6 is 22.9 Å². The van der Waals surface area contributed by atoms with E-state index in [1.54, 1.807) is 0 Å². The second-order valence-electron chi connectivity index (χ2n) is 4.46. The molecule has 2 aromatic rings. The van der Waals surface area contributed by atoms with Crippen LogP contribution in [0.2, 0.25) is 5.02 Å². The number of likely N-dealkylation sites (N-methyl/N-ethyl adjacent to an activating group) is 1. The summed E-state index contributed by atoms with van der Waals surface area (Å²) in [5.41, 5.74) is 2.49. The standard InChI is InChI=1S/C15H18ClNS/c1-3-17-15(10-14-5-4-6-18-14)12-7-11(2)8-13(16)9-12/h4-9,15,17H,3,10H2,1-2H3. The lowest BCUT2D eigenvalue weighted by Gasteiger charge is -2.18. The van der Waals surface area contributed by atoms with Crippen molar-refractivity contribution in [1.29, 1.82) is 0 Å². The number of thiophene rings is 1. The van der Waals surface area contributed by atoms with Crippen LogP contribution < -0.4 is 5.32 Å². The highest BCUT2D eigenvalue weighted by molar-refractivity contribution is 7.09. The maximum Gasteiger partial charge on any atom is 0.0411 e. The number of benzene rings is 1. The predicted molar refractivity (Wildman–Crippen MR) is 80.6 cm³/mol. The minimum atomic E-state index is 0.339. The molecule has 1 aromatic carbocycles. The lowest BCUT2D eigenvalue weighted by atomic mass is 10.0. The van der Waals surface area contributed by atoms with E-state index in [1.165, 1.54) is 16.0 Å². The van der Waals surface area contributed by atoms with Crippen molar-refractivity contribution < 1.29 is 0 Å². The fraction of sp³-hybridized carbons (Fsp3) is 0.333. The van der Waals surface area contributed by atoms with E-state index < -0.39 is 0 Å². The summed E-state index contributed by atoms with van der Waals surface area (Å²) < 4.78 is 0. The number of nitrogens with one attached hydrogen (secondary N) is 1. The molecule has 0 aliphatic carbocycles. The normalized spacial score (nSPS) is 12.6. The van der Waals surface area contributed by atoms with Crippen molar-refractivity contribution in [1.82, 2.24) is 5.32 Å². The Labute approximate surface area is 118 Å². The van der Waals surface area contributed by atoms with E-state index in [2.05, 4.69) is 48.8 Å². The minimum absolute atomic E-state index is 0.339. The lowest BCUT2D eigenvalue weighted by Crippen LogP contribution is -2.22. The van der Waals surface area contributed by atoms with E-state index in [-0.39, 0.29) is 0 Å². The average molecular weight is 280 g/mol. The monoisotopic (exact) mass is 279 g/mol. The molecule has 1 aromatic heterocycles. The highest BCUT2D eigenvalue weighted by Gasteiger charge is 2.12. The number of hydrogen-bond acceptors (Lipinski definition) is 2. The Balaban J connectivity index is 2.23. The van der Waals surface area contributed by atoms with Crippen molar-refractivity contribution in [2.75, 3.05) is 6.54 Å². The zero-order valence-electron chi connectivity index (χ0n) is 10.7. The quantitative estimate of drug-likeness (QED) is 0.843. The Bertz CT molecular complexity index is 473. The predicted octanol–water partition coefficient (Wildman–Crippen LogP) is 4.60. The van der Waals surface area contributed by atoms with Gasteiger partial charge in [0.1, 0.15) is 0 Å².